The molecule has 4 nitrogen and oxygen atoms in total. The molecule has 4 N–H and O–H groups in total. The Kier molecular flexibility index (Phi) is 5.30. The molecule has 0 fully saturated rings. The van der Waals surface area contributed by atoms with E-state index in [1.54, 1.807) is 0 Å². The van der Waals surface area contributed by atoms with E-state index < -0.39 is 11.7 Å². The Hall–Kier alpha value is -1.62. The van der Waals surface area contributed by atoms with Crippen molar-refractivity contribution in [1.29, 1.82) is 0 Å². The second-order valence-corrected chi connectivity index (χ2v) is 4.76. The number of carbonyl (C=O) groups is 1. The van der Waals surface area contributed by atoms with Gasteiger partial charge in [-0.1, -0.05) is 13.8 Å². The maximum absolute atomic E-state index is 13.5. The number of aromatic hydroxyl groups is 1. The second kappa shape index (κ2) is 6.52. The fourth-order valence-electron chi connectivity index (χ4n) is 1.91. The summed E-state index contributed by atoms with van der Waals surface area (Å²) in [5.41, 5.74) is 5.52. The molecule has 1 aromatic carbocycles. The van der Waals surface area contributed by atoms with Gasteiger partial charge in [0, 0.05) is 12.6 Å². The van der Waals surface area contributed by atoms with E-state index in [9.17, 15) is 9.18 Å². The van der Waals surface area contributed by atoms with Crippen molar-refractivity contribution >= 4 is 5.91 Å². The molecule has 0 bridgehead atoms. The van der Waals surface area contributed by atoms with E-state index in [0.29, 0.717) is 13.1 Å². The van der Waals surface area contributed by atoms with Gasteiger partial charge < -0.3 is 16.2 Å². The summed E-state index contributed by atoms with van der Waals surface area (Å²) in [7, 11) is 0. The second-order valence-electron chi connectivity index (χ2n) is 4.76. The number of hydrogen-bond acceptors (Lipinski definition) is 3. The highest BCUT2D eigenvalue weighted by Gasteiger charge is 2.25. The molecular weight excluding hydrogens is 247 g/mol. The van der Waals surface area contributed by atoms with Gasteiger partial charge in [0.25, 0.3) is 5.91 Å². The van der Waals surface area contributed by atoms with Crippen LogP contribution in [-0.4, -0.2) is 24.1 Å². The third kappa shape index (κ3) is 3.67. The van der Waals surface area contributed by atoms with E-state index in [0.717, 1.165) is 18.9 Å². The Bertz CT molecular complexity index is 437. The summed E-state index contributed by atoms with van der Waals surface area (Å²) in [6, 6.07) is 3.47. The van der Waals surface area contributed by atoms with Gasteiger partial charge in [0.2, 0.25) is 0 Å². The summed E-state index contributed by atoms with van der Waals surface area (Å²) in [6.07, 6.45) is 1.69. The van der Waals surface area contributed by atoms with Crippen LogP contribution in [0.5, 0.6) is 5.75 Å². The third-order valence-corrected chi connectivity index (χ3v) is 3.75. The van der Waals surface area contributed by atoms with Gasteiger partial charge in [-0.3, -0.25) is 4.79 Å². The lowest BCUT2D eigenvalue weighted by atomic mass is 9.82. The van der Waals surface area contributed by atoms with Crippen molar-refractivity contribution in [3.8, 4) is 5.75 Å². The fraction of sp³-hybridized carbons (Fsp3) is 0.500. The molecule has 0 saturated carbocycles. The van der Waals surface area contributed by atoms with Crippen molar-refractivity contribution in [2.24, 2.45) is 11.1 Å². The number of rotatable bonds is 6. The van der Waals surface area contributed by atoms with Crippen LogP contribution in [0.3, 0.4) is 0 Å². The summed E-state index contributed by atoms with van der Waals surface area (Å²) >= 11 is 0. The molecule has 0 unspecified atom stereocenters. The first-order chi connectivity index (χ1) is 8.98. The molecule has 0 aliphatic heterocycles. The minimum Gasteiger partial charge on any atom is -0.508 e. The number of nitrogens with one attached hydrogen (secondary N) is 1. The van der Waals surface area contributed by atoms with Crippen LogP contribution in [0.4, 0.5) is 4.39 Å². The summed E-state index contributed by atoms with van der Waals surface area (Å²) in [5, 5.41) is 11.8. The van der Waals surface area contributed by atoms with Gasteiger partial charge in [-0.25, -0.2) is 4.39 Å². The van der Waals surface area contributed by atoms with Gasteiger partial charge in [0.05, 0.1) is 5.56 Å². The summed E-state index contributed by atoms with van der Waals surface area (Å²) in [6.45, 7) is 4.92. The Morgan fingerprint density at radius 3 is 2.53 bits per heavy atom. The topological polar surface area (TPSA) is 75.3 Å². The number of amides is 1. The van der Waals surface area contributed by atoms with Gasteiger partial charge in [-0.2, -0.15) is 0 Å². The van der Waals surface area contributed by atoms with Crippen molar-refractivity contribution in [2.75, 3.05) is 13.1 Å². The third-order valence-electron chi connectivity index (χ3n) is 3.75. The quantitative estimate of drug-likeness (QED) is 0.739. The minimum atomic E-state index is -0.733. The maximum atomic E-state index is 13.5. The zero-order valence-electron chi connectivity index (χ0n) is 11.4. The molecule has 1 amide bonds. The first kappa shape index (κ1) is 15.4. The number of benzene rings is 1. The fourth-order valence-corrected chi connectivity index (χ4v) is 1.91. The van der Waals surface area contributed by atoms with Gasteiger partial charge in [0.15, 0.2) is 0 Å². The molecule has 0 aromatic heterocycles. The number of phenols is 1. The van der Waals surface area contributed by atoms with E-state index in [-0.39, 0.29) is 16.7 Å². The molecule has 0 aliphatic carbocycles. The molecule has 0 aliphatic rings. The van der Waals surface area contributed by atoms with Crippen molar-refractivity contribution in [2.45, 2.75) is 26.7 Å². The van der Waals surface area contributed by atoms with Gasteiger partial charge >= 0.3 is 0 Å². The van der Waals surface area contributed by atoms with Gasteiger partial charge in [-0.15, -0.1) is 0 Å². The van der Waals surface area contributed by atoms with E-state index in [4.69, 9.17) is 10.8 Å². The van der Waals surface area contributed by atoms with Crippen molar-refractivity contribution < 1.29 is 14.3 Å². The van der Waals surface area contributed by atoms with Crippen LogP contribution in [0.2, 0.25) is 0 Å². The largest absolute Gasteiger partial charge is 0.508 e. The Balaban J connectivity index is 2.75. The van der Waals surface area contributed by atoms with E-state index in [2.05, 4.69) is 5.32 Å². The SMILES string of the molecule is CCC(CC)(CN)CNC(=O)c1ccc(O)cc1F. The monoisotopic (exact) mass is 268 g/mol. The van der Waals surface area contributed by atoms with Crippen LogP contribution >= 0.6 is 0 Å². The standard InChI is InChI=1S/C14H21FN2O2/c1-3-14(4-2,8-16)9-17-13(19)11-6-5-10(18)7-12(11)15/h5-7,18H,3-4,8-9,16H2,1-2H3,(H,17,19). The average Bonchev–Trinajstić information content (AvgIpc) is 2.40. The molecule has 0 spiro atoms. The molecular formula is C14H21FN2O2. The zero-order chi connectivity index (χ0) is 14.5. The molecule has 0 saturated heterocycles. The first-order valence-corrected chi connectivity index (χ1v) is 6.44. The van der Waals surface area contributed by atoms with Crippen LogP contribution < -0.4 is 11.1 Å². The first-order valence-electron chi connectivity index (χ1n) is 6.44. The van der Waals surface area contributed by atoms with Gasteiger partial charge in [0.1, 0.15) is 11.6 Å². The number of nitrogens with two attached hydrogens (primary N) is 1. The molecule has 1 rings (SSSR count). The van der Waals surface area contributed by atoms with Crippen molar-refractivity contribution in [3.05, 3.63) is 29.6 Å². The highest BCUT2D eigenvalue weighted by atomic mass is 19.1. The number of halogens is 1. The highest BCUT2D eigenvalue weighted by Crippen LogP contribution is 2.24. The van der Waals surface area contributed by atoms with Crippen molar-refractivity contribution in [3.63, 3.8) is 0 Å². The van der Waals surface area contributed by atoms with E-state index >= 15 is 0 Å². The summed E-state index contributed by atoms with van der Waals surface area (Å²) in [4.78, 5) is 11.9. The smallest absolute Gasteiger partial charge is 0.254 e. The predicted molar refractivity (Wildman–Crippen MR) is 72.5 cm³/mol. The van der Waals surface area contributed by atoms with E-state index in [1.807, 2.05) is 13.8 Å². The molecule has 1 aromatic rings. The predicted octanol–water partition coefficient (Wildman–Crippen LogP) is 2.03. The van der Waals surface area contributed by atoms with Gasteiger partial charge in [-0.05, 0) is 36.9 Å². The molecule has 0 atom stereocenters. The zero-order valence-corrected chi connectivity index (χ0v) is 11.4. The maximum Gasteiger partial charge on any atom is 0.254 e. The number of hydrogen-bond donors (Lipinski definition) is 3. The van der Waals surface area contributed by atoms with Crippen LogP contribution in [0.25, 0.3) is 0 Å². The Labute approximate surface area is 112 Å². The average molecular weight is 268 g/mol. The summed E-state index contributed by atoms with van der Waals surface area (Å²) < 4.78 is 13.5. The molecule has 0 heterocycles. The normalized spacial score (nSPS) is 11.4. The molecule has 19 heavy (non-hydrogen) atoms. The van der Waals surface area contributed by atoms with Crippen LogP contribution in [0.1, 0.15) is 37.0 Å². The van der Waals surface area contributed by atoms with Crippen LogP contribution in [0.15, 0.2) is 18.2 Å². The Morgan fingerprint density at radius 2 is 2.05 bits per heavy atom. The number of carbonyl (C=O) groups excluding carboxylic acids is 1. The lowest BCUT2D eigenvalue weighted by Crippen LogP contribution is -2.42. The molecule has 5 heteroatoms. The van der Waals surface area contributed by atoms with Crippen molar-refractivity contribution in [1.82, 2.24) is 5.32 Å². The molecule has 0 radical (unpaired) electrons. The van der Waals surface area contributed by atoms with E-state index in [1.165, 1.54) is 12.1 Å². The van der Waals surface area contributed by atoms with Crippen LogP contribution in [-0.2, 0) is 0 Å². The Morgan fingerprint density at radius 1 is 1.42 bits per heavy atom. The number of phenolic OH excluding ortho intramolecular Hbond substituents is 1. The lowest BCUT2D eigenvalue weighted by molar-refractivity contribution is 0.0924. The minimum absolute atomic E-state index is 0.0732. The summed E-state index contributed by atoms with van der Waals surface area (Å²) in [5.74, 6) is -1.42. The lowest BCUT2D eigenvalue weighted by Gasteiger charge is -2.30. The highest BCUT2D eigenvalue weighted by molar-refractivity contribution is 5.94. The van der Waals surface area contributed by atoms with Crippen LogP contribution in [0, 0.1) is 11.2 Å². The molecule has 106 valence electrons.